The van der Waals surface area contributed by atoms with E-state index >= 15 is 0 Å². The van der Waals surface area contributed by atoms with Crippen molar-refractivity contribution in [2.75, 3.05) is 12.3 Å². The Morgan fingerprint density at radius 3 is 2.39 bits per heavy atom. The summed E-state index contributed by atoms with van der Waals surface area (Å²) in [6, 6.07) is 12.4. The largest absolute Gasteiger partial charge is 0.454 e. The summed E-state index contributed by atoms with van der Waals surface area (Å²) >= 11 is 5.81. The zero-order valence-electron chi connectivity index (χ0n) is 16.3. The molecule has 0 aliphatic rings. The van der Waals surface area contributed by atoms with Crippen LogP contribution in [0.1, 0.15) is 26.3 Å². The maximum atomic E-state index is 13.9. The molecule has 10 heteroatoms. The van der Waals surface area contributed by atoms with Crippen molar-refractivity contribution in [3.63, 3.8) is 0 Å². The van der Waals surface area contributed by atoms with Gasteiger partial charge in [0.05, 0.1) is 11.6 Å². The van der Waals surface area contributed by atoms with Gasteiger partial charge >= 0.3 is 11.7 Å². The number of nitrogen functional groups attached to an aromatic ring is 1. The molecule has 0 amide bonds. The smallest absolute Gasteiger partial charge is 0.343 e. The topological polar surface area (TPSA) is 113 Å². The van der Waals surface area contributed by atoms with E-state index in [0.29, 0.717) is 5.56 Å². The van der Waals surface area contributed by atoms with E-state index in [1.165, 1.54) is 19.2 Å². The normalized spacial score (nSPS) is 10.7. The quantitative estimate of drug-likeness (QED) is 0.458. The molecule has 0 fully saturated rings. The second kappa shape index (κ2) is 8.97. The van der Waals surface area contributed by atoms with E-state index in [1.54, 1.807) is 30.3 Å². The minimum absolute atomic E-state index is 0.0184. The number of aromatic nitrogens is 2. The Kier molecular flexibility index (Phi) is 6.36. The number of halogens is 2. The van der Waals surface area contributed by atoms with Crippen LogP contribution in [0.2, 0.25) is 5.02 Å². The summed E-state index contributed by atoms with van der Waals surface area (Å²) in [7, 11) is 1.20. The molecular formula is C21H17ClFN3O5. The highest BCUT2D eigenvalue weighted by Gasteiger charge is 2.24. The van der Waals surface area contributed by atoms with Gasteiger partial charge in [-0.15, -0.1) is 0 Å². The molecule has 2 N–H and O–H groups in total. The van der Waals surface area contributed by atoms with Crippen molar-refractivity contribution in [1.29, 1.82) is 0 Å². The average molecular weight is 446 g/mol. The van der Waals surface area contributed by atoms with E-state index in [4.69, 9.17) is 22.1 Å². The van der Waals surface area contributed by atoms with Crippen molar-refractivity contribution in [1.82, 2.24) is 9.13 Å². The van der Waals surface area contributed by atoms with Crippen LogP contribution in [0.4, 0.5) is 10.2 Å². The lowest BCUT2D eigenvalue weighted by Gasteiger charge is -2.15. The molecule has 160 valence electrons. The van der Waals surface area contributed by atoms with E-state index in [9.17, 15) is 23.6 Å². The SMILES string of the molecule is Cn1c(=O)c(C(=O)COC(=O)c2c(F)cccc2Cl)c(N)n(Cc2ccccc2)c1=O. The van der Waals surface area contributed by atoms with Gasteiger partial charge in [0.25, 0.3) is 5.56 Å². The molecule has 8 nitrogen and oxygen atoms in total. The summed E-state index contributed by atoms with van der Waals surface area (Å²) in [5.41, 5.74) is 4.00. The molecule has 0 unspecified atom stereocenters. The average Bonchev–Trinajstić information content (AvgIpc) is 2.74. The first-order chi connectivity index (χ1) is 14.7. The summed E-state index contributed by atoms with van der Waals surface area (Å²) in [6.07, 6.45) is 0. The number of ketones is 1. The third-order valence-electron chi connectivity index (χ3n) is 4.55. The zero-order chi connectivity index (χ0) is 22.7. The Morgan fingerprint density at radius 1 is 1.06 bits per heavy atom. The van der Waals surface area contributed by atoms with Gasteiger partial charge in [-0.2, -0.15) is 0 Å². The lowest BCUT2D eigenvalue weighted by atomic mass is 10.1. The van der Waals surface area contributed by atoms with E-state index in [1.807, 2.05) is 0 Å². The molecule has 0 radical (unpaired) electrons. The second-order valence-electron chi connectivity index (χ2n) is 6.57. The number of hydrogen-bond acceptors (Lipinski definition) is 6. The summed E-state index contributed by atoms with van der Waals surface area (Å²) in [5.74, 6) is -3.40. The van der Waals surface area contributed by atoms with Crippen LogP contribution in [0.15, 0.2) is 58.1 Å². The maximum absolute atomic E-state index is 13.9. The summed E-state index contributed by atoms with van der Waals surface area (Å²) < 4.78 is 20.5. The van der Waals surface area contributed by atoms with E-state index in [2.05, 4.69) is 0 Å². The molecule has 0 atom stereocenters. The molecule has 0 bridgehead atoms. The van der Waals surface area contributed by atoms with Gasteiger partial charge in [-0.25, -0.2) is 14.0 Å². The number of anilines is 1. The first kappa shape index (κ1) is 22.0. The van der Waals surface area contributed by atoms with Crippen LogP contribution in [0, 0.1) is 5.82 Å². The first-order valence-corrected chi connectivity index (χ1v) is 9.37. The molecule has 0 spiro atoms. The van der Waals surface area contributed by atoms with Gasteiger partial charge in [0, 0.05) is 7.05 Å². The fourth-order valence-corrected chi connectivity index (χ4v) is 3.17. The maximum Gasteiger partial charge on any atom is 0.343 e. The lowest BCUT2D eigenvalue weighted by molar-refractivity contribution is 0.0469. The van der Waals surface area contributed by atoms with Crippen LogP contribution >= 0.6 is 11.6 Å². The first-order valence-electron chi connectivity index (χ1n) is 9.00. The van der Waals surface area contributed by atoms with Gasteiger partial charge in [-0.05, 0) is 17.7 Å². The third-order valence-corrected chi connectivity index (χ3v) is 4.86. The Labute approximate surface area is 180 Å². The van der Waals surface area contributed by atoms with Gasteiger partial charge in [0.1, 0.15) is 22.8 Å². The molecule has 0 saturated heterocycles. The highest BCUT2D eigenvalue weighted by molar-refractivity contribution is 6.33. The van der Waals surface area contributed by atoms with Gasteiger partial charge < -0.3 is 10.5 Å². The fraction of sp³-hybridized carbons (Fsp3) is 0.143. The number of carbonyl (C=O) groups excluding carboxylic acids is 2. The zero-order valence-corrected chi connectivity index (χ0v) is 17.1. The molecule has 1 aromatic heterocycles. The van der Waals surface area contributed by atoms with Crippen molar-refractivity contribution >= 4 is 29.2 Å². The Bertz CT molecular complexity index is 1260. The molecule has 0 aliphatic heterocycles. The molecule has 31 heavy (non-hydrogen) atoms. The molecule has 1 heterocycles. The van der Waals surface area contributed by atoms with Gasteiger partial charge in [0.2, 0.25) is 5.78 Å². The standard InChI is InChI=1S/C21H17ClFN3O5/c1-25-19(28)17(18(24)26(21(25)30)10-12-6-3-2-4-7-12)15(27)11-31-20(29)16-13(22)8-5-9-14(16)23/h2-9H,10-11,24H2,1H3. The Hall–Kier alpha value is -3.72. The number of carbonyl (C=O) groups is 2. The number of benzene rings is 2. The van der Waals surface area contributed by atoms with Crippen molar-refractivity contribution in [3.8, 4) is 0 Å². The number of ether oxygens (including phenoxy) is 1. The number of rotatable bonds is 6. The van der Waals surface area contributed by atoms with Gasteiger partial charge in [0.15, 0.2) is 6.61 Å². The monoisotopic (exact) mass is 445 g/mol. The fourth-order valence-electron chi connectivity index (χ4n) is 2.93. The third kappa shape index (κ3) is 4.41. The van der Waals surface area contributed by atoms with Crippen LogP contribution in [0.3, 0.4) is 0 Å². The predicted molar refractivity (Wildman–Crippen MR) is 112 cm³/mol. The number of esters is 1. The number of nitrogens with two attached hydrogens (primary N) is 1. The molecule has 3 rings (SSSR count). The van der Waals surface area contributed by atoms with Crippen LogP contribution in [0.25, 0.3) is 0 Å². The summed E-state index contributed by atoms with van der Waals surface area (Å²) in [5, 5.41) is -0.190. The highest BCUT2D eigenvalue weighted by atomic mass is 35.5. The number of Topliss-reactive ketones (excluding diaryl/α,β-unsaturated/α-hetero) is 1. The Balaban J connectivity index is 1.91. The van der Waals surface area contributed by atoms with Crippen molar-refractivity contribution in [2.45, 2.75) is 6.54 Å². The van der Waals surface area contributed by atoms with E-state index in [-0.39, 0.29) is 17.4 Å². The van der Waals surface area contributed by atoms with E-state index in [0.717, 1.165) is 15.2 Å². The minimum Gasteiger partial charge on any atom is -0.454 e. The van der Waals surface area contributed by atoms with Crippen LogP contribution in [0.5, 0.6) is 0 Å². The molecule has 2 aromatic carbocycles. The minimum atomic E-state index is -1.18. The van der Waals surface area contributed by atoms with Crippen molar-refractivity contribution in [3.05, 3.63) is 96.9 Å². The molecule has 0 saturated carbocycles. The van der Waals surface area contributed by atoms with Crippen LogP contribution in [-0.2, 0) is 18.3 Å². The summed E-state index contributed by atoms with van der Waals surface area (Å²) in [6.45, 7) is -0.878. The Morgan fingerprint density at radius 2 is 1.74 bits per heavy atom. The molecule has 0 aliphatic carbocycles. The van der Waals surface area contributed by atoms with Crippen molar-refractivity contribution < 1.29 is 18.7 Å². The molecular weight excluding hydrogens is 429 g/mol. The van der Waals surface area contributed by atoms with Crippen LogP contribution < -0.4 is 17.0 Å². The van der Waals surface area contributed by atoms with E-state index < -0.39 is 46.6 Å². The van der Waals surface area contributed by atoms with Gasteiger partial charge in [-0.1, -0.05) is 48.0 Å². The predicted octanol–water partition coefficient (Wildman–Crippen LogP) is 2.01. The summed E-state index contributed by atoms with van der Waals surface area (Å²) in [4.78, 5) is 49.8. The second-order valence-corrected chi connectivity index (χ2v) is 6.98. The van der Waals surface area contributed by atoms with Crippen LogP contribution in [-0.4, -0.2) is 27.5 Å². The number of nitrogens with zero attached hydrogens (tertiary/aromatic N) is 2. The van der Waals surface area contributed by atoms with Gasteiger partial charge in [-0.3, -0.25) is 18.7 Å². The molecule has 3 aromatic rings. The highest BCUT2D eigenvalue weighted by Crippen LogP contribution is 2.20. The van der Waals surface area contributed by atoms with Crippen molar-refractivity contribution in [2.24, 2.45) is 7.05 Å². The number of hydrogen-bond donors (Lipinski definition) is 1. The lowest BCUT2D eigenvalue weighted by Crippen LogP contribution is -2.43.